The maximum atomic E-state index is 11.9. The molecule has 0 bridgehead atoms. The third kappa shape index (κ3) is 3.22. The molecule has 0 unspecified atom stereocenters. The molecule has 98 valence electrons. The zero-order chi connectivity index (χ0) is 13.2. The smallest absolute Gasteiger partial charge is 0.389 e. The number of halogens is 4. The second kappa shape index (κ2) is 4.97. The molecule has 0 aromatic carbocycles. The van der Waals surface area contributed by atoms with Crippen LogP contribution in [0.5, 0.6) is 5.88 Å². The van der Waals surface area contributed by atoms with Crippen molar-refractivity contribution >= 4 is 22.8 Å². The van der Waals surface area contributed by atoms with E-state index in [-0.39, 0.29) is 24.2 Å². The van der Waals surface area contributed by atoms with E-state index in [2.05, 4.69) is 19.9 Å². The van der Waals surface area contributed by atoms with E-state index >= 15 is 0 Å². The average molecular weight is 281 g/mol. The molecular weight excluding hydrogens is 273 g/mol. The predicted molar refractivity (Wildman–Crippen MR) is 57.5 cm³/mol. The molecule has 1 N–H and O–H groups in total. The lowest BCUT2D eigenvalue weighted by Crippen LogP contribution is -2.10. The molecule has 0 aliphatic carbocycles. The second-order valence-corrected chi connectivity index (χ2v) is 3.80. The molecule has 0 aliphatic heterocycles. The second-order valence-electron chi connectivity index (χ2n) is 3.47. The van der Waals surface area contributed by atoms with Gasteiger partial charge in [-0.2, -0.15) is 23.1 Å². The van der Waals surface area contributed by atoms with Crippen molar-refractivity contribution in [2.75, 3.05) is 6.61 Å². The standard InChI is InChI=1S/C9H8ClF3N4O/c10-8-16-6-5(14-4-15-6)7(17-8)18-3-1-2-9(11,12)13/h4H,1-3H2,(H,14,15,16,17). The summed E-state index contributed by atoms with van der Waals surface area (Å²) in [5.41, 5.74) is 0.715. The van der Waals surface area contributed by atoms with Crippen LogP contribution >= 0.6 is 11.6 Å². The van der Waals surface area contributed by atoms with Crippen LogP contribution in [0.4, 0.5) is 13.2 Å². The number of aromatic nitrogens is 4. The van der Waals surface area contributed by atoms with Crippen molar-refractivity contribution in [3.63, 3.8) is 0 Å². The molecule has 2 aromatic rings. The molecule has 5 nitrogen and oxygen atoms in total. The fraction of sp³-hybridized carbons (Fsp3) is 0.444. The Kier molecular flexibility index (Phi) is 3.55. The van der Waals surface area contributed by atoms with Gasteiger partial charge in [0.15, 0.2) is 5.65 Å². The van der Waals surface area contributed by atoms with Gasteiger partial charge in [0.25, 0.3) is 0 Å². The molecule has 2 heterocycles. The van der Waals surface area contributed by atoms with Crippen LogP contribution in [0.2, 0.25) is 5.28 Å². The minimum Gasteiger partial charge on any atom is -0.476 e. The molecule has 0 saturated heterocycles. The van der Waals surface area contributed by atoms with Crippen molar-refractivity contribution in [1.29, 1.82) is 0 Å². The van der Waals surface area contributed by atoms with Crippen molar-refractivity contribution in [2.45, 2.75) is 19.0 Å². The Morgan fingerprint density at radius 1 is 1.33 bits per heavy atom. The fourth-order valence-electron chi connectivity index (χ4n) is 1.33. The lowest BCUT2D eigenvalue weighted by molar-refractivity contribution is -0.136. The van der Waals surface area contributed by atoms with Gasteiger partial charge in [0.2, 0.25) is 11.2 Å². The normalized spacial score (nSPS) is 12.0. The Labute approximate surface area is 104 Å². The first kappa shape index (κ1) is 12.9. The number of H-pyrrole nitrogens is 1. The van der Waals surface area contributed by atoms with Gasteiger partial charge >= 0.3 is 6.18 Å². The highest BCUT2D eigenvalue weighted by atomic mass is 35.5. The number of ether oxygens (including phenoxy) is 1. The molecular formula is C9H8ClF3N4O. The first-order valence-corrected chi connectivity index (χ1v) is 5.40. The molecule has 0 spiro atoms. The number of fused-ring (bicyclic) bond motifs is 1. The van der Waals surface area contributed by atoms with Crippen LogP contribution in [0.25, 0.3) is 11.2 Å². The van der Waals surface area contributed by atoms with Gasteiger partial charge in [-0.15, -0.1) is 0 Å². The molecule has 0 atom stereocenters. The van der Waals surface area contributed by atoms with Crippen molar-refractivity contribution in [1.82, 2.24) is 19.9 Å². The third-order valence-corrected chi connectivity index (χ3v) is 2.24. The van der Waals surface area contributed by atoms with E-state index in [4.69, 9.17) is 16.3 Å². The monoisotopic (exact) mass is 280 g/mol. The van der Waals surface area contributed by atoms with Gasteiger partial charge < -0.3 is 9.72 Å². The van der Waals surface area contributed by atoms with Crippen molar-refractivity contribution in [2.24, 2.45) is 0 Å². The zero-order valence-electron chi connectivity index (χ0n) is 8.96. The van der Waals surface area contributed by atoms with Gasteiger partial charge in [-0.05, 0) is 18.0 Å². The Morgan fingerprint density at radius 2 is 2.11 bits per heavy atom. The molecule has 0 aliphatic rings. The summed E-state index contributed by atoms with van der Waals surface area (Å²) < 4.78 is 40.9. The van der Waals surface area contributed by atoms with Crippen LogP contribution in [-0.2, 0) is 0 Å². The lowest BCUT2D eigenvalue weighted by Gasteiger charge is -2.07. The van der Waals surface area contributed by atoms with Crippen LogP contribution in [0.3, 0.4) is 0 Å². The highest BCUT2D eigenvalue weighted by Crippen LogP contribution is 2.23. The maximum Gasteiger partial charge on any atom is 0.389 e. The summed E-state index contributed by atoms with van der Waals surface area (Å²) in [7, 11) is 0. The number of nitrogens with zero attached hydrogens (tertiary/aromatic N) is 3. The van der Waals surface area contributed by atoms with E-state index in [0.29, 0.717) is 11.2 Å². The first-order chi connectivity index (χ1) is 8.46. The summed E-state index contributed by atoms with van der Waals surface area (Å²) in [6, 6.07) is 0. The van der Waals surface area contributed by atoms with E-state index in [1.165, 1.54) is 6.33 Å². The summed E-state index contributed by atoms with van der Waals surface area (Å²) in [4.78, 5) is 14.2. The number of imidazole rings is 1. The van der Waals surface area contributed by atoms with Crippen LogP contribution < -0.4 is 4.74 Å². The van der Waals surface area contributed by atoms with Gasteiger partial charge in [-0.3, -0.25) is 0 Å². The van der Waals surface area contributed by atoms with Crippen LogP contribution in [0.15, 0.2) is 6.33 Å². The summed E-state index contributed by atoms with van der Waals surface area (Å²) in [6.07, 6.45) is -3.87. The van der Waals surface area contributed by atoms with E-state index in [1.807, 2.05) is 0 Å². The maximum absolute atomic E-state index is 11.9. The molecule has 18 heavy (non-hydrogen) atoms. The molecule has 0 saturated carbocycles. The third-order valence-electron chi connectivity index (χ3n) is 2.07. The Hall–Kier alpha value is -1.57. The molecule has 0 fully saturated rings. The first-order valence-electron chi connectivity index (χ1n) is 5.02. The molecule has 2 rings (SSSR count). The summed E-state index contributed by atoms with van der Waals surface area (Å²) in [5.74, 6) is 0.102. The number of alkyl halides is 3. The van der Waals surface area contributed by atoms with Crippen LogP contribution in [0.1, 0.15) is 12.8 Å². The van der Waals surface area contributed by atoms with Crippen molar-refractivity contribution < 1.29 is 17.9 Å². The zero-order valence-corrected chi connectivity index (χ0v) is 9.72. The van der Waals surface area contributed by atoms with Gasteiger partial charge in [-0.25, -0.2) is 4.98 Å². The topological polar surface area (TPSA) is 63.7 Å². The predicted octanol–water partition coefficient (Wildman–Crippen LogP) is 2.73. The quantitative estimate of drug-likeness (QED) is 0.691. The largest absolute Gasteiger partial charge is 0.476 e. The van der Waals surface area contributed by atoms with E-state index in [1.54, 1.807) is 0 Å². The molecule has 0 radical (unpaired) electrons. The molecule has 9 heteroatoms. The van der Waals surface area contributed by atoms with Crippen molar-refractivity contribution in [3.8, 4) is 5.88 Å². The fourth-order valence-corrected chi connectivity index (χ4v) is 1.48. The number of hydrogen-bond acceptors (Lipinski definition) is 4. The number of nitrogens with one attached hydrogen (secondary N) is 1. The SMILES string of the molecule is FC(F)(F)CCCOc1nc(Cl)nc2nc[nH]c12. The van der Waals surface area contributed by atoms with E-state index in [9.17, 15) is 13.2 Å². The highest BCUT2D eigenvalue weighted by Gasteiger charge is 2.26. The molecule has 0 amide bonds. The highest BCUT2D eigenvalue weighted by molar-refractivity contribution is 6.28. The minimum atomic E-state index is -4.18. The van der Waals surface area contributed by atoms with Crippen LogP contribution in [-0.4, -0.2) is 32.7 Å². The van der Waals surface area contributed by atoms with E-state index in [0.717, 1.165) is 0 Å². The average Bonchev–Trinajstić information content (AvgIpc) is 2.70. The number of aromatic amines is 1. The molecule has 2 aromatic heterocycles. The Balaban J connectivity index is 2.01. The Bertz CT molecular complexity index is 542. The van der Waals surface area contributed by atoms with Gasteiger partial charge in [0.05, 0.1) is 12.9 Å². The van der Waals surface area contributed by atoms with E-state index < -0.39 is 12.6 Å². The lowest BCUT2D eigenvalue weighted by atomic mass is 10.3. The van der Waals surface area contributed by atoms with Crippen molar-refractivity contribution in [3.05, 3.63) is 11.6 Å². The summed E-state index contributed by atoms with van der Waals surface area (Å²) in [6.45, 7) is -0.110. The van der Waals surface area contributed by atoms with Gasteiger partial charge in [0, 0.05) is 6.42 Å². The van der Waals surface area contributed by atoms with Gasteiger partial charge in [-0.1, -0.05) is 0 Å². The summed E-state index contributed by atoms with van der Waals surface area (Å²) in [5, 5.41) is -0.0691. The number of hydrogen-bond donors (Lipinski definition) is 1. The minimum absolute atomic E-state index is 0.0691. The van der Waals surface area contributed by atoms with Gasteiger partial charge in [0.1, 0.15) is 5.52 Å². The number of rotatable bonds is 4. The Morgan fingerprint density at radius 3 is 2.83 bits per heavy atom. The van der Waals surface area contributed by atoms with Crippen LogP contribution in [0, 0.1) is 0 Å². The summed E-state index contributed by atoms with van der Waals surface area (Å²) >= 11 is 5.63.